The molecule has 0 amide bonds. The largest absolute Gasteiger partial charge is 0.517 e. The molecule has 0 spiro atoms. The van der Waals surface area contributed by atoms with Crippen LogP contribution in [0.15, 0.2) is 0 Å². The smallest absolute Gasteiger partial charge is 0.318 e. The van der Waals surface area contributed by atoms with Gasteiger partial charge in [0.05, 0.1) is 13.2 Å². The average molecular weight is 349 g/mol. The molecule has 0 aliphatic rings. The van der Waals surface area contributed by atoms with E-state index in [2.05, 4.69) is 67.7 Å². The summed E-state index contributed by atoms with van der Waals surface area (Å²) in [5.74, 6) is -0.265. The molecule has 0 bridgehead atoms. The summed E-state index contributed by atoms with van der Waals surface area (Å²) >= 11 is 0. The first-order chi connectivity index (χ1) is 9.60. The van der Waals surface area contributed by atoms with Crippen molar-refractivity contribution >= 4 is 22.6 Å². The first-order valence-corrected chi connectivity index (χ1v) is 13.9. The summed E-state index contributed by atoms with van der Waals surface area (Å²) < 4.78 is 17.1. The van der Waals surface area contributed by atoms with Crippen molar-refractivity contribution in [3.63, 3.8) is 0 Å². The fourth-order valence-electron chi connectivity index (χ4n) is 1.19. The van der Waals surface area contributed by atoms with Crippen molar-refractivity contribution in [2.24, 2.45) is 0 Å². The van der Waals surface area contributed by atoms with Gasteiger partial charge in [0.15, 0.2) is 8.32 Å². The standard InChI is InChI=1S/C16H36O4Si2/c1-15(2,3)21(7,8)19-12-11-18-13-14(17)20-22(9,10)16(4,5)6/h11-13H2,1-10H3. The molecule has 4 nitrogen and oxygen atoms in total. The van der Waals surface area contributed by atoms with E-state index in [1.165, 1.54) is 0 Å². The molecule has 0 fully saturated rings. The highest BCUT2D eigenvalue weighted by atomic mass is 28.4. The zero-order chi connectivity index (χ0) is 17.8. The van der Waals surface area contributed by atoms with Crippen LogP contribution in [0.3, 0.4) is 0 Å². The molecule has 6 heteroatoms. The van der Waals surface area contributed by atoms with Crippen LogP contribution in [0.5, 0.6) is 0 Å². The van der Waals surface area contributed by atoms with Crippen LogP contribution in [0.2, 0.25) is 36.3 Å². The Hall–Kier alpha value is -0.176. The van der Waals surface area contributed by atoms with Gasteiger partial charge in [-0.3, -0.25) is 4.79 Å². The SMILES string of the molecule is CC(C)(C)[Si](C)(C)OCCOCC(=O)O[Si](C)(C)C(C)(C)C. The Morgan fingerprint density at radius 1 is 0.818 bits per heavy atom. The lowest BCUT2D eigenvalue weighted by atomic mass is 10.2. The lowest BCUT2D eigenvalue weighted by molar-refractivity contribution is -0.140. The van der Waals surface area contributed by atoms with E-state index in [1.807, 2.05) is 0 Å². The summed E-state index contributed by atoms with van der Waals surface area (Å²) in [7, 11) is -3.78. The maximum atomic E-state index is 11.9. The van der Waals surface area contributed by atoms with Gasteiger partial charge >= 0.3 is 5.97 Å². The average Bonchev–Trinajstić information content (AvgIpc) is 2.24. The van der Waals surface area contributed by atoms with Crippen molar-refractivity contribution in [3.8, 4) is 0 Å². The number of rotatable bonds is 7. The Morgan fingerprint density at radius 2 is 1.27 bits per heavy atom. The van der Waals surface area contributed by atoms with E-state index in [4.69, 9.17) is 13.6 Å². The lowest BCUT2D eigenvalue weighted by Gasteiger charge is -2.36. The Balaban J connectivity index is 4.07. The van der Waals surface area contributed by atoms with E-state index in [1.54, 1.807) is 0 Å². The molecule has 0 aliphatic carbocycles. The molecule has 0 aliphatic heterocycles. The van der Waals surface area contributed by atoms with Crippen LogP contribution in [0.4, 0.5) is 0 Å². The summed E-state index contributed by atoms with van der Waals surface area (Å²) in [6.07, 6.45) is 0. The van der Waals surface area contributed by atoms with Crippen LogP contribution < -0.4 is 0 Å². The fraction of sp³-hybridized carbons (Fsp3) is 0.938. The molecule has 0 saturated carbocycles. The molecule has 0 rings (SSSR count). The third-order valence-corrected chi connectivity index (χ3v) is 13.8. The normalized spacial score (nSPS) is 14.1. The third-order valence-electron chi connectivity index (χ3n) is 4.89. The highest BCUT2D eigenvalue weighted by Gasteiger charge is 2.40. The monoisotopic (exact) mass is 348 g/mol. The Kier molecular flexibility index (Phi) is 7.53. The minimum atomic E-state index is -2.05. The van der Waals surface area contributed by atoms with Gasteiger partial charge in [-0.05, 0) is 36.3 Å². The zero-order valence-corrected chi connectivity index (χ0v) is 18.3. The molecule has 0 aromatic heterocycles. The van der Waals surface area contributed by atoms with Crippen LogP contribution >= 0.6 is 0 Å². The number of hydrogen-bond acceptors (Lipinski definition) is 4. The van der Waals surface area contributed by atoms with Crippen molar-refractivity contribution in [1.29, 1.82) is 0 Å². The van der Waals surface area contributed by atoms with Crippen molar-refractivity contribution in [2.45, 2.75) is 77.8 Å². The van der Waals surface area contributed by atoms with Crippen LogP contribution in [-0.4, -0.2) is 42.4 Å². The van der Waals surface area contributed by atoms with E-state index < -0.39 is 16.6 Å². The predicted molar refractivity (Wildman–Crippen MR) is 97.3 cm³/mol. The van der Waals surface area contributed by atoms with E-state index >= 15 is 0 Å². The predicted octanol–water partition coefficient (Wildman–Crippen LogP) is 4.57. The highest BCUT2D eigenvalue weighted by Crippen LogP contribution is 2.37. The van der Waals surface area contributed by atoms with E-state index in [9.17, 15) is 4.79 Å². The van der Waals surface area contributed by atoms with Crippen molar-refractivity contribution in [2.75, 3.05) is 19.8 Å². The van der Waals surface area contributed by atoms with Crippen molar-refractivity contribution in [3.05, 3.63) is 0 Å². The van der Waals surface area contributed by atoms with Gasteiger partial charge in [0, 0.05) is 0 Å². The van der Waals surface area contributed by atoms with E-state index in [0.29, 0.717) is 13.2 Å². The van der Waals surface area contributed by atoms with Crippen LogP contribution in [-0.2, 0) is 18.4 Å². The summed E-state index contributed by atoms with van der Waals surface area (Å²) in [5, 5.41) is 0.211. The number of hydrogen-bond donors (Lipinski definition) is 0. The molecular weight excluding hydrogens is 312 g/mol. The molecule has 0 aromatic rings. The lowest BCUT2D eigenvalue weighted by Crippen LogP contribution is -2.43. The van der Waals surface area contributed by atoms with Gasteiger partial charge in [-0.15, -0.1) is 0 Å². The highest BCUT2D eigenvalue weighted by molar-refractivity contribution is 6.75. The minimum absolute atomic E-state index is 0.00731. The number of ether oxygens (including phenoxy) is 1. The van der Waals surface area contributed by atoms with Gasteiger partial charge in [-0.25, -0.2) is 0 Å². The maximum absolute atomic E-state index is 11.9. The topological polar surface area (TPSA) is 44.8 Å². The molecule has 0 saturated heterocycles. The van der Waals surface area contributed by atoms with Gasteiger partial charge in [-0.2, -0.15) is 0 Å². The van der Waals surface area contributed by atoms with E-state index in [-0.39, 0.29) is 22.7 Å². The molecule has 132 valence electrons. The van der Waals surface area contributed by atoms with Gasteiger partial charge in [0.1, 0.15) is 6.61 Å². The van der Waals surface area contributed by atoms with Crippen LogP contribution in [0, 0.1) is 0 Å². The Labute approximate surface area is 139 Å². The maximum Gasteiger partial charge on any atom is 0.318 e. The van der Waals surface area contributed by atoms with Crippen LogP contribution in [0.1, 0.15) is 41.5 Å². The van der Waals surface area contributed by atoms with Crippen molar-refractivity contribution in [1.82, 2.24) is 0 Å². The summed E-state index contributed by atoms with van der Waals surface area (Å²) in [4.78, 5) is 11.9. The van der Waals surface area contributed by atoms with Gasteiger partial charge in [0.2, 0.25) is 0 Å². The summed E-state index contributed by atoms with van der Waals surface area (Å²) in [6, 6.07) is 0. The van der Waals surface area contributed by atoms with Crippen LogP contribution in [0.25, 0.3) is 0 Å². The zero-order valence-electron chi connectivity index (χ0n) is 16.3. The Morgan fingerprint density at radius 3 is 1.68 bits per heavy atom. The molecule has 0 N–H and O–H groups in total. The minimum Gasteiger partial charge on any atom is -0.517 e. The van der Waals surface area contributed by atoms with Gasteiger partial charge < -0.3 is 13.6 Å². The molecule has 0 heterocycles. The first-order valence-electron chi connectivity index (χ1n) is 8.04. The second kappa shape index (κ2) is 7.60. The molecule has 0 atom stereocenters. The summed E-state index contributed by atoms with van der Waals surface area (Å²) in [6.45, 7) is 22.5. The van der Waals surface area contributed by atoms with Gasteiger partial charge in [-0.1, -0.05) is 41.5 Å². The molecular formula is C16H36O4Si2. The number of carbonyl (C=O) groups is 1. The number of carbonyl (C=O) groups excluding carboxylic acids is 1. The quantitative estimate of drug-likeness (QED) is 0.499. The van der Waals surface area contributed by atoms with Gasteiger partial charge in [0.25, 0.3) is 8.32 Å². The van der Waals surface area contributed by atoms with Crippen molar-refractivity contribution < 1.29 is 18.4 Å². The molecule has 22 heavy (non-hydrogen) atoms. The first kappa shape index (κ1) is 21.8. The second-order valence-corrected chi connectivity index (χ2v) is 18.4. The Bertz CT molecular complexity index is 365. The second-order valence-electron chi connectivity index (χ2n) is 8.90. The molecule has 0 unspecified atom stereocenters. The summed E-state index contributed by atoms with van der Waals surface area (Å²) in [5.41, 5.74) is 0. The molecule has 0 aromatic carbocycles. The fourth-order valence-corrected chi connectivity index (χ4v) is 3.16. The molecule has 0 radical (unpaired) electrons. The third kappa shape index (κ3) is 6.94. The van der Waals surface area contributed by atoms with E-state index in [0.717, 1.165) is 0 Å².